The quantitative estimate of drug-likeness (QED) is 0.0217. The molecule has 1 fully saturated rings. The number of Topliss-reactive ketones (excluding diaryl/α,β-unsaturated/α-hetero) is 1. The lowest BCUT2D eigenvalue weighted by Gasteiger charge is -2.18. The Bertz CT molecular complexity index is 1120. The van der Waals surface area contributed by atoms with Crippen LogP contribution in [0.25, 0.3) is 0 Å². The second-order valence-electron chi connectivity index (χ2n) is 14.4. The highest BCUT2D eigenvalue weighted by molar-refractivity contribution is 7.46. The average Bonchev–Trinajstić information content (AvgIpc) is 3.38. The van der Waals surface area contributed by atoms with Gasteiger partial charge in [0.15, 0.2) is 6.10 Å². The summed E-state index contributed by atoms with van der Waals surface area (Å²) in [6.45, 7) is 3.33. The van der Waals surface area contributed by atoms with E-state index in [0.29, 0.717) is 32.1 Å². The molecule has 1 saturated carbocycles. The van der Waals surface area contributed by atoms with Gasteiger partial charge in [0.1, 0.15) is 12.4 Å². The van der Waals surface area contributed by atoms with Gasteiger partial charge in [0, 0.05) is 31.1 Å². The molecule has 1 rings (SSSR count). The Morgan fingerprint density at radius 1 is 0.774 bits per heavy atom. The molecule has 0 aromatic carbocycles. The molecule has 53 heavy (non-hydrogen) atoms. The number of esters is 2. The fraction of sp³-hybridized carbons (Fsp3) is 0.780. The van der Waals surface area contributed by atoms with Crippen molar-refractivity contribution in [3.05, 3.63) is 36.5 Å². The normalized spacial score (nSPS) is 19.1. The Hall–Kier alpha value is -2.14. The molecule has 11 nitrogen and oxygen atoms in total. The first-order valence-corrected chi connectivity index (χ1v) is 21.9. The average molecular weight is 771 g/mol. The summed E-state index contributed by atoms with van der Waals surface area (Å²) in [5.41, 5.74) is 0. The molecule has 0 spiro atoms. The van der Waals surface area contributed by atoms with Crippen LogP contribution in [0.15, 0.2) is 36.5 Å². The summed E-state index contributed by atoms with van der Waals surface area (Å²) in [5, 5.41) is 20.6. The number of ketones is 1. The van der Waals surface area contributed by atoms with Gasteiger partial charge < -0.3 is 29.5 Å². The third-order valence-corrected chi connectivity index (χ3v) is 9.99. The molecule has 1 aliphatic rings. The van der Waals surface area contributed by atoms with E-state index >= 15 is 0 Å². The Balaban J connectivity index is 2.32. The van der Waals surface area contributed by atoms with Crippen LogP contribution >= 0.6 is 7.82 Å². The summed E-state index contributed by atoms with van der Waals surface area (Å²) in [6.07, 6.45) is 29.4. The molecule has 0 bridgehead atoms. The van der Waals surface area contributed by atoms with E-state index in [1.807, 2.05) is 12.2 Å². The molecule has 306 valence electrons. The van der Waals surface area contributed by atoms with Gasteiger partial charge in [0.2, 0.25) is 0 Å². The first kappa shape index (κ1) is 48.9. The predicted octanol–water partition coefficient (Wildman–Crippen LogP) is 8.77. The van der Waals surface area contributed by atoms with Crippen LogP contribution in [0, 0.1) is 11.8 Å². The number of allylic oxidation sites excluding steroid dienone is 4. The fourth-order valence-corrected chi connectivity index (χ4v) is 6.71. The molecule has 4 N–H and O–H groups in total. The van der Waals surface area contributed by atoms with Gasteiger partial charge >= 0.3 is 19.8 Å². The molecule has 0 saturated heterocycles. The third-order valence-electron chi connectivity index (χ3n) is 9.50. The highest BCUT2D eigenvalue weighted by atomic mass is 31.2. The number of aliphatic hydroxyl groups is 2. The number of ether oxygens (including phenoxy) is 2. The molecule has 0 amide bonds. The monoisotopic (exact) mass is 770 g/mol. The Morgan fingerprint density at radius 3 is 2.00 bits per heavy atom. The molecule has 5 atom stereocenters. The van der Waals surface area contributed by atoms with E-state index < -0.39 is 44.7 Å². The maximum Gasteiger partial charge on any atom is 0.469 e. The van der Waals surface area contributed by atoms with E-state index in [4.69, 9.17) is 19.3 Å². The van der Waals surface area contributed by atoms with E-state index in [0.717, 1.165) is 57.8 Å². The van der Waals surface area contributed by atoms with Crippen molar-refractivity contribution in [2.45, 2.75) is 180 Å². The van der Waals surface area contributed by atoms with E-state index in [1.54, 1.807) is 12.2 Å². The van der Waals surface area contributed by atoms with E-state index in [2.05, 4.69) is 30.5 Å². The number of aliphatic hydroxyl groups excluding tert-OH is 2. The van der Waals surface area contributed by atoms with Gasteiger partial charge in [-0.25, -0.2) is 4.57 Å². The Labute approximate surface area is 319 Å². The lowest BCUT2D eigenvalue weighted by Crippen LogP contribution is -2.29. The second-order valence-corrected chi connectivity index (χ2v) is 15.6. The molecule has 0 aromatic heterocycles. The van der Waals surface area contributed by atoms with Crippen molar-refractivity contribution >= 4 is 25.5 Å². The van der Waals surface area contributed by atoms with Crippen molar-refractivity contribution in [3.8, 4) is 0 Å². The van der Waals surface area contributed by atoms with E-state index in [9.17, 15) is 29.2 Å². The maximum absolute atomic E-state index is 12.5. The first-order chi connectivity index (χ1) is 25.5. The lowest BCUT2D eigenvalue weighted by molar-refractivity contribution is -0.161. The van der Waals surface area contributed by atoms with Crippen LogP contribution in [-0.2, 0) is 32.9 Å². The van der Waals surface area contributed by atoms with Crippen LogP contribution in [0.2, 0.25) is 0 Å². The van der Waals surface area contributed by atoms with Gasteiger partial charge in [-0.3, -0.25) is 18.9 Å². The molecule has 1 aliphatic carbocycles. The molecule has 0 unspecified atom stereocenters. The minimum absolute atomic E-state index is 0.00786. The van der Waals surface area contributed by atoms with E-state index in [1.165, 1.54) is 38.5 Å². The lowest BCUT2D eigenvalue weighted by atomic mass is 9.90. The minimum Gasteiger partial charge on any atom is -0.462 e. The summed E-state index contributed by atoms with van der Waals surface area (Å²) >= 11 is 0. The number of rotatable bonds is 33. The Morgan fingerprint density at radius 2 is 1.34 bits per heavy atom. The number of phosphoric acid groups is 1. The third kappa shape index (κ3) is 27.1. The standard InChI is InChI=1S/C41H71O11P/c1-3-5-7-8-9-10-11-12-13-14-15-16-17-18-24-28-41(46)52-35(33-51-53(47,48)49)32-50-40(45)27-23-20-19-22-26-36-37(39(44)31-38(36)43)30-29-34(42)25-21-6-4-2/h12-13,19,22,29-30,34-37,39,42,44H,3-11,14-18,20-21,23-28,31-33H2,1-2H3,(H2,47,48,49)/b13-12-,22-19-,30-29+/t34-,35+,36+,37+,39+/m0/s1. The van der Waals surface area contributed by atoms with Gasteiger partial charge in [-0.1, -0.05) is 121 Å². The zero-order valence-electron chi connectivity index (χ0n) is 32.6. The van der Waals surface area contributed by atoms with E-state index in [-0.39, 0.29) is 43.5 Å². The topological polar surface area (TPSA) is 177 Å². The van der Waals surface area contributed by atoms with Crippen LogP contribution in [0.4, 0.5) is 0 Å². The summed E-state index contributed by atoms with van der Waals surface area (Å²) in [6, 6.07) is 0. The van der Waals surface area contributed by atoms with Crippen molar-refractivity contribution < 1.29 is 52.9 Å². The molecule has 0 aromatic rings. The van der Waals surface area contributed by atoms with Crippen LogP contribution in [0.3, 0.4) is 0 Å². The van der Waals surface area contributed by atoms with Gasteiger partial charge in [-0.05, 0) is 57.8 Å². The number of phosphoric ester groups is 1. The smallest absolute Gasteiger partial charge is 0.462 e. The van der Waals surface area contributed by atoms with Crippen molar-refractivity contribution in [2.75, 3.05) is 13.2 Å². The van der Waals surface area contributed by atoms with Crippen LogP contribution in [0.1, 0.15) is 162 Å². The number of hydrogen-bond acceptors (Lipinski definition) is 9. The van der Waals surface area contributed by atoms with Crippen LogP contribution in [0.5, 0.6) is 0 Å². The summed E-state index contributed by atoms with van der Waals surface area (Å²) in [5.74, 6) is -1.81. The van der Waals surface area contributed by atoms with Gasteiger partial charge in [0.05, 0.1) is 18.8 Å². The summed E-state index contributed by atoms with van der Waals surface area (Å²) in [7, 11) is -4.82. The first-order valence-electron chi connectivity index (χ1n) is 20.4. The van der Waals surface area contributed by atoms with Crippen LogP contribution in [-0.4, -0.2) is 69.2 Å². The molecule has 0 aliphatic heterocycles. The van der Waals surface area contributed by atoms with Crippen molar-refractivity contribution in [1.29, 1.82) is 0 Å². The molecular weight excluding hydrogens is 699 g/mol. The predicted molar refractivity (Wildman–Crippen MR) is 208 cm³/mol. The molecule has 0 radical (unpaired) electrons. The SMILES string of the molecule is CCCCCCCC/C=C\CCCCCCCC(=O)O[C@H](COC(=O)CCC/C=C\C[C@H]1C(=O)C[C@@H](O)[C@@H]1/C=C/[C@@H](O)CCCCC)COP(=O)(O)O. The van der Waals surface area contributed by atoms with Gasteiger partial charge in [0.25, 0.3) is 0 Å². The number of carbonyl (C=O) groups is 3. The highest BCUT2D eigenvalue weighted by Crippen LogP contribution is 2.36. The maximum atomic E-state index is 12.5. The van der Waals surface area contributed by atoms with Crippen LogP contribution < -0.4 is 0 Å². The number of carbonyl (C=O) groups excluding carboxylic acids is 3. The Kier molecular flexibility index (Phi) is 28.7. The molecule has 0 heterocycles. The van der Waals surface area contributed by atoms with Crippen molar-refractivity contribution in [3.63, 3.8) is 0 Å². The number of unbranched alkanes of at least 4 members (excludes halogenated alkanes) is 14. The largest absolute Gasteiger partial charge is 0.469 e. The van der Waals surface area contributed by atoms with Crippen molar-refractivity contribution in [2.24, 2.45) is 11.8 Å². The summed E-state index contributed by atoms with van der Waals surface area (Å²) < 4.78 is 26.3. The molecular formula is C41H71O11P. The molecule has 12 heteroatoms. The zero-order valence-corrected chi connectivity index (χ0v) is 33.5. The number of hydrogen-bond donors (Lipinski definition) is 4. The highest BCUT2D eigenvalue weighted by Gasteiger charge is 2.39. The zero-order chi connectivity index (χ0) is 39.2. The van der Waals surface area contributed by atoms with Crippen molar-refractivity contribution in [1.82, 2.24) is 0 Å². The second kappa shape index (κ2) is 31.1. The van der Waals surface area contributed by atoms with Gasteiger partial charge in [-0.15, -0.1) is 0 Å². The minimum atomic E-state index is -4.82. The fourth-order valence-electron chi connectivity index (χ4n) is 6.35. The van der Waals surface area contributed by atoms with Gasteiger partial charge in [-0.2, -0.15) is 0 Å². The summed E-state index contributed by atoms with van der Waals surface area (Å²) in [4.78, 5) is 55.5.